The molecule has 1 heterocycles. The Morgan fingerprint density at radius 1 is 1.15 bits per heavy atom. The standard InChI is InChI=1S/C13H16NO6/c1-2-12(15)19-9-7-18-8-10-20-13(16)11-3-5-14(17)6-4-11/h2-6,17H,1,7-10H2/q+1. The van der Waals surface area contributed by atoms with Gasteiger partial charge in [-0.15, -0.1) is 0 Å². The van der Waals surface area contributed by atoms with Crippen LogP contribution in [0.2, 0.25) is 0 Å². The normalized spacial score (nSPS) is 9.80. The number of hydrogen-bond donors (Lipinski definition) is 1. The van der Waals surface area contributed by atoms with Gasteiger partial charge in [-0.2, -0.15) is 0 Å². The van der Waals surface area contributed by atoms with Crippen LogP contribution in [0, 0.1) is 0 Å². The largest absolute Gasteiger partial charge is 0.460 e. The minimum absolute atomic E-state index is 0.0856. The van der Waals surface area contributed by atoms with E-state index in [2.05, 4.69) is 11.3 Å². The van der Waals surface area contributed by atoms with Gasteiger partial charge in [-0.05, 0) is 0 Å². The van der Waals surface area contributed by atoms with Crippen molar-refractivity contribution in [3.63, 3.8) is 0 Å². The van der Waals surface area contributed by atoms with E-state index in [4.69, 9.17) is 14.7 Å². The monoisotopic (exact) mass is 282 g/mol. The highest BCUT2D eigenvalue weighted by Crippen LogP contribution is 1.98. The molecule has 7 heteroatoms. The van der Waals surface area contributed by atoms with E-state index in [9.17, 15) is 9.59 Å². The van der Waals surface area contributed by atoms with Crippen molar-refractivity contribution in [1.82, 2.24) is 0 Å². The van der Waals surface area contributed by atoms with Crippen LogP contribution >= 0.6 is 0 Å². The summed E-state index contributed by atoms with van der Waals surface area (Å²) in [4.78, 5) is 22.2. The molecular weight excluding hydrogens is 266 g/mol. The molecule has 1 aromatic heterocycles. The van der Waals surface area contributed by atoms with Gasteiger partial charge in [0, 0.05) is 22.9 Å². The van der Waals surface area contributed by atoms with Crippen LogP contribution in [0.4, 0.5) is 0 Å². The Labute approximate surface area is 116 Å². The van der Waals surface area contributed by atoms with E-state index in [1.807, 2.05) is 0 Å². The zero-order valence-corrected chi connectivity index (χ0v) is 10.9. The van der Waals surface area contributed by atoms with Crippen LogP contribution in [-0.4, -0.2) is 43.6 Å². The first kappa shape index (κ1) is 15.6. The molecule has 0 amide bonds. The van der Waals surface area contributed by atoms with Gasteiger partial charge >= 0.3 is 11.9 Å². The summed E-state index contributed by atoms with van der Waals surface area (Å²) in [6.45, 7) is 3.87. The van der Waals surface area contributed by atoms with Crippen molar-refractivity contribution in [3.8, 4) is 0 Å². The molecule has 20 heavy (non-hydrogen) atoms. The van der Waals surface area contributed by atoms with Crippen LogP contribution in [0.25, 0.3) is 0 Å². The van der Waals surface area contributed by atoms with Crippen molar-refractivity contribution >= 4 is 11.9 Å². The second-order valence-electron chi connectivity index (χ2n) is 3.59. The molecule has 0 bridgehead atoms. The molecule has 0 atom stereocenters. The first-order chi connectivity index (χ1) is 9.63. The minimum atomic E-state index is -0.509. The zero-order valence-electron chi connectivity index (χ0n) is 10.9. The van der Waals surface area contributed by atoms with Crippen molar-refractivity contribution in [1.29, 1.82) is 0 Å². The Morgan fingerprint density at radius 2 is 1.75 bits per heavy atom. The van der Waals surface area contributed by atoms with Gasteiger partial charge in [0.05, 0.1) is 18.8 Å². The summed E-state index contributed by atoms with van der Waals surface area (Å²) in [6, 6.07) is 2.86. The van der Waals surface area contributed by atoms with E-state index < -0.39 is 11.9 Å². The van der Waals surface area contributed by atoms with Gasteiger partial charge < -0.3 is 14.2 Å². The number of rotatable bonds is 8. The van der Waals surface area contributed by atoms with Gasteiger partial charge in [-0.1, -0.05) is 6.58 Å². The van der Waals surface area contributed by atoms with Crippen molar-refractivity contribution in [2.75, 3.05) is 26.4 Å². The fourth-order valence-electron chi connectivity index (χ4n) is 1.19. The first-order valence-electron chi connectivity index (χ1n) is 5.88. The maximum atomic E-state index is 11.5. The predicted molar refractivity (Wildman–Crippen MR) is 66.1 cm³/mol. The lowest BCUT2D eigenvalue weighted by molar-refractivity contribution is -0.904. The quantitative estimate of drug-likeness (QED) is 0.239. The lowest BCUT2D eigenvalue weighted by Crippen LogP contribution is -2.28. The lowest BCUT2D eigenvalue weighted by Gasteiger charge is -2.06. The van der Waals surface area contributed by atoms with Crippen LogP contribution in [0.5, 0.6) is 0 Å². The van der Waals surface area contributed by atoms with E-state index >= 15 is 0 Å². The smallest absolute Gasteiger partial charge is 0.338 e. The maximum Gasteiger partial charge on any atom is 0.338 e. The van der Waals surface area contributed by atoms with Crippen molar-refractivity contribution in [2.45, 2.75) is 0 Å². The highest BCUT2D eigenvalue weighted by atomic mass is 16.6. The number of carbonyl (C=O) groups is 2. The third kappa shape index (κ3) is 5.96. The van der Waals surface area contributed by atoms with Gasteiger partial charge in [-0.25, -0.2) is 9.59 Å². The number of carbonyl (C=O) groups excluding carboxylic acids is 2. The molecule has 1 N–H and O–H groups in total. The Kier molecular flexibility index (Phi) is 6.77. The van der Waals surface area contributed by atoms with E-state index in [1.54, 1.807) is 0 Å². The van der Waals surface area contributed by atoms with Gasteiger partial charge in [-0.3, -0.25) is 5.21 Å². The van der Waals surface area contributed by atoms with Crippen molar-refractivity contribution in [3.05, 3.63) is 42.7 Å². The first-order valence-corrected chi connectivity index (χ1v) is 5.88. The Morgan fingerprint density at radius 3 is 2.35 bits per heavy atom. The summed E-state index contributed by atoms with van der Waals surface area (Å²) >= 11 is 0. The molecule has 1 rings (SSSR count). The molecule has 0 aromatic carbocycles. The van der Waals surface area contributed by atoms with E-state index in [0.29, 0.717) is 5.56 Å². The SMILES string of the molecule is C=CC(=O)OCCOCCOC(=O)c1cc[n+](O)cc1. The fraction of sp³-hybridized carbons (Fsp3) is 0.308. The summed E-state index contributed by atoms with van der Waals surface area (Å²) in [7, 11) is 0. The molecule has 0 unspecified atom stereocenters. The number of nitrogens with zero attached hydrogens (tertiary/aromatic N) is 1. The highest BCUT2D eigenvalue weighted by molar-refractivity contribution is 5.88. The van der Waals surface area contributed by atoms with Crippen LogP contribution in [0.3, 0.4) is 0 Å². The number of ether oxygens (including phenoxy) is 3. The average Bonchev–Trinajstić information content (AvgIpc) is 2.46. The third-order valence-corrected chi connectivity index (χ3v) is 2.15. The third-order valence-electron chi connectivity index (χ3n) is 2.15. The second-order valence-corrected chi connectivity index (χ2v) is 3.59. The summed E-state index contributed by atoms with van der Waals surface area (Å²) in [5.74, 6) is -1.02. The van der Waals surface area contributed by atoms with Crippen molar-refractivity contribution in [2.24, 2.45) is 0 Å². The average molecular weight is 282 g/mol. The Hall–Kier alpha value is -2.41. The lowest BCUT2D eigenvalue weighted by atomic mass is 10.3. The zero-order chi connectivity index (χ0) is 14.8. The van der Waals surface area contributed by atoms with Gasteiger partial charge in [0.1, 0.15) is 13.2 Å². The molecule has 0 aliphatic rings. The summed E-state index contributed by atoms with van der Waals surface area (Å²) in [5.41, 5.74) is 0.329. The van der Waals surface area contributed by atoms with Crippen molar-refractivity contribution < 1.29 is 33.7 Å². The predicted octanol–water partition coefficient (Wildman–Crippen LogP) is 0.114. The van der Waals surface area contributed by atoms with Crippen LogP contribution in [0.15, 0.2) is 37.2 Å². The van der Waals surface area contributed by atoms with Crippen LogP contribution in [0.1, 0.15) is 10.4 Å². The number of esters is 2. The minimum Gasteiger partial charge on any atom is -0.460 e. The summed E-state index contributed by atoms with van der Waals surface area (Å²) in [6.07, 6.45) is 3.71. The van der Waals surface area contributed by atoms with Gasteiger partial charge in [0.25, 0.3) is 0 Å². The van der Waals surface area contributed by atoms with E-state index in [0.717, 1.165) is 10.8 Å². The molecule has 0 radical (unpaired) electrons. The summed E-state index contributed by atoms with van der Waals surface area (Å²) < 4.78 is 15.5. The van der Waals surface area contributed by atoms with Crippen LogP contribution in [-0.2, 0) is 19.0 Å². The fourth-order valence-corrected chi connectivity index (χ4v) is 1.19. The van der Waals surface area contributed by atoms with E-state index in [-0.39, 0.29) is 26.4 Å². The number of aromatic nitrogens is 1. The van der Waals surface area contributed by atoms with Gasteiger partial charge in [0.2, 0.25) is 12.4 Å². The molecule has 0 spiro atoms. The molecular formula is C13H16NO6+. The molecule has 1 aromatic rings. The summed E-state index contributed by atoms with van der Waals surface area (Å²) in [5, 5.41) is 8.99. The maximum absolute atomic E-state index is 11.5. The van der Waals surface area contributed by atoms with Gasteiger partial charge in [0.15, 0.2) is 0 Å². The highest BCUT2D eigenvalue weighted by Gasteiger charge is 2.08. The molecule has 108 valence electrons. The molecule has 7 nitrogen and oxygen atoms in total. The number of hydrogen-bond acceptors (Lipinski definition) is 6. The molecule has 0 aliphatic heterocycles. The van der Waals surface area contributed by atoms with E-state index in [1.165, 1.54) is 24.5 Å². The Balaban J connectivity index is 2.09. The second kappa shape index (κ2) is 8.65. The number of pyridine rings is 1. The van der Waals surface area contributed by atoms with Crippen LogP contribution < -0.4 is 4.73 Å². The molecule has 0 saturated carbocycles. The molecule has 0 saturated heterocycles. The molecule has 0 fully saturated rings. The topological polar surface area (TPSA) is 85.9 Å². The Bertz CT molecular complexity index is 456. The molecule has 0 aliphatic carbocycles.